The second-order valence-electron chi connectivity index (χ2n) is 6.29. The molecule has 0 unspecified atom stereocenters. The van der Waals surface area contributed by atoms with Gasteiger partial charge in [-0.3, -0.25) is 9.59 Å². The van der Waals surface area contributed by atoms with Crippen LogP contribution in [0.4, 0.5) is 11.8 Å². The highest BCUT2D eigenvalue weighted by atomic mass is 16.2. The second kappa shape index (κ2) is 7.02. The Balaban J connectivity index is 1.70. The zero-order valence-electron chi connectivity index (χ0n) is 14.3. The van der Waals surface area contributed by atoms with Crippen LogP contribution in [0.3, 0.4) is 0 Å². The largest absolute Gasteiger partial charge is 0.353 e. The predicted octanol–water partition coefficient (Wildman–Crippen LogP) is -0.268. The van der Waals surface area contributed by atoms with Crippen molar-refractivity contribution in [2.24, 2.45) is 0 Å². The average Bonchev–Trinajstić information content (AvgIpc) is 2.61. The van der Waals surface area contributed by atoms with Gasteiger partial charge in [-0.05, 0) is 6.92 Å². The minimum atomic E-state index is 0.119. The van der Waals surface area contributed by atoms with Crippen LogP contribution in [-0.4, -0.2) is 84.4 Å². The molecule has 2 aliphatic rings. The van der Waals surface area contributed by atoms with E-state index in [1.165, 1.54) is 0 Å². The van der Waals surface area contributed by atoms with Gasteiger partial charge < -0.3 is 19.6 Å². The number of aromatic nitrogens is 2. The first-order valence-corrected chi connectivity index (χ1v) is 8.37. The molecule has 1 aromatic heterocycles. The molecule has 24 heavy (non-hydrogen) atoms. The molecule has 3 heterocycles. The molecule has 0 aromatic carbocycles. The molecular weight excluding hydrogens is 308 g/mol. The third kappa shape index (κ3) is 3.58. The topological polar surface area (TPSA) is 72.9 Å². The number of carbonyl (C=O) groups is 2. The van der Waals surface area contributed by atoms with Crippen molar-refractivity contribution >= 4 is 24.1 Å². The Kier molecular flexibility index (Phi) is 4.82. The zero-order valence-corrected chi connectivity index (χ0v) is 14.3. The van der Waals surface area contributed by atoms with Gasteiger partial charge in [0.25, 0.3) is 0 Å². The summed E-state index contributed by atoms with van der Waals surface area (Å²) in [5.41, 5.74) is 0.932. The van der Waals surface area contributed by atoms with E-state index >= 15 is 0 Å². The van der Waals surface area contributed by atoms with Crippen molar-refractivity contribution in [2.75, 3.05) is 62.2 Å². The molecule has 1 aromatic rings. The number of amides is 2. The summed E-state index contributed by atoms with van der Waals surface area (Å²) in [7, 11) is 0. The van der Waals surface area contributed by atoms with Gasteiger partial charge in [0, 0.05) is 71.0 Å². The van der Waals surface area contributed by atoms with Crippen LogP contribution in [0.15, 0.2) is 6.07 Å². The molecule has 0 atom stereocenters. The van der Waals surface area contributed by atoms with E-state index in [1.807, 2.05) is 17.9 Å². The van der Waals surface area contributed by atoms with Gasteiger partial charge in [-0.1, -0.05) is 0 Å². The first kappa shape index (κ1) is 16.5. The number of piperazine rings is 2. The van der Waals surface area contributed by atoms with Gasteiger partial charge in [-0.2, -0.15) is 4.98 Å². The Hall–Kier alpha value is -2.38. The lowest BCUT2D eigenvalue weighted by molar-refractivity contribution is -0.129. The molecule has 3 rings (SSSR count). The van der Waals surface area contributed by atoms with Crippen molar-refractivity contribution in [3.63, 3.8) is 0 Å². The van der Waals surface area contributed by atoms with Crippen molar-refractivity contribution in [3.8, 4) is 0 Å². The van der Waals surface area contributed by atoms with Crippen LogP contribution in [-0.2, 0) is 9.59 Å². The Bertz CT molecular complexity index is 607. The first-order chi connectivity index (χ1) is 11.6. The van der Waals surface area contributed by atoms with Crippen LogP contribution >= 0.6 is 0 Å². The van der Waals surface area contributed by atoms with E-state index in [4.69, 9.17) is 4.98 Å². The van der Waals surface area contributed by atoms with Crippen LogP contribution in [0.1, 0.15) is 12.6 Å². The molecule has 0 aliphatic carbocycles. The molecule has 2 amide bonds. The predicted molar refractivity (Wildman–Crippen MR) is 91.1 cm³/mol. The van der Waals surface area contributed by atoms with Gasteiger partial charge in [-0.15, -0.1) is 0 Å². The molecule has 0 spiro atoms. The maximum absolute atomic E-state index is 11.4. The van der Waals surface area contributed by atoms with Crippen LogP contribution in [0.25, 0.3) is 0 Å². The average molecular weight is 332 g/mol. The van der Waals surface area contributed by atoms with Crippen LogP contribution in [0, 0.1) is 6.92 Å². The SMILES string of the molecule is CC(=O)N1CCN(c2nc(C)cc(N3CCN(C=O)CC3)n2)CC1. The Labute approximate surface area is 142 Å². The van der Waals surface area contributed by atoms with Gasteiger partial charge in [0.05, 0.1) is 0 Å². The number of hydrogen-bond donors (Lipinski definition) is 0. The van der Waals surface area contributed by atoms with E-state index in [9.17, 15) is 9.59 Å². The number of aryl methyl sites for hydroxylation is 1. The molecule has 0 saturated carbocycles. The van der Waals surface area contributed by atoms with Crippen LogP contribution in [0.5, 0.6) is 0 Å². The fourth-order valence-corrected chi connectivity index (χ4v) is 3.12. The minimum absolute atomic E-state index is 0.119. The summed E-state index contributed by atoms with van der Waals surface area (Å²) >= 11 is 0. The van der Waals surface area contributed by atoms with E-state index in [1.54, 1.807) is 11.8 Å². The summed E-state index contributed by atoms with van der Waals surface area (Å²) < 4.78 is 0. The maximum atomic E-state index is 11.4. The Morgan fingerprint density at radius 2 is 1.62 bits per heavy atom. The highest BCUT2D eigenvalue weighted by Gasteiger charge is 2.23. The Morgan fingerprint density at radius 1 is 1.00 bits per heavy atom. The molecule has 8 nitrogen and oxygen atoms in total. The van der Waals surface area contributed by atoms with Gasteiger partial charge >= 0.3 is 0 Å². The number of nitrogens with zero attached hydrogens (tertiary/aromatic N) is 6. The molecule has 0 bridgehead atoms. The molecule has 2 saturated heterocycles. The quantitative estimate of drug-likeness (QED) is 0.710. The summed E-state index contributed by atoms with van der Waals surface area (Å²) in [6.07, 6.45) is 0.905. The highest BCUT2D eigenvalue weighted by Crippen LogP contribution is 2.20. The maximum Gasteiger partial charge on any atom is 0.227 e. The van der Waals surface area contributed by atoms with Crippen molar-refractivity contribution in [1.82, 2.24) is 19.8 Å². The lowest BCUT2D eigenvalue weighted by Crippen LogP contribution is -2.49. The second-order valence-corrected chi connectivity index (χ2v) is 6.29. The molecular formula is C16H24N6O2. The molecule has 130 valence electrons. The summed E-state index contributed by atoms with van der Waals surface area (Å²) in [5.74, 6) is 1.76. The molecule has 2 fully saturated rings. The molecule has 2 aliphatic heterocycles. The van der Waals surface area contributed by atoms with E-state index in [0.717, 1.165) is 63.1 Å². The van der Waals surface area contributed by atoms with Gasteiger partial charge in [-0.25, -0.2) is 4.98 Å². The van der Waals surface area contributed by atoms with Gasteiger partial charge in [0.1, 0.15) is 5.82 Å². The van der Waals surface area contributed by atoms with Gasteiger partial charge in [0.15, 0.2) is 0 Å². The lowest BCUT2D eigenvalue weighted by Gasteiger charge is -2.36. The molecule has 0 N–H and O–H groups in total. The number of anilines is 2. The summed E-state index contributed by atoms with van der Waals surface area (Å²) in [4.78, 5) is 39.6. The molecule has 8 heteroatoms. The highest BCUT2D eigenvalue weighted by molar-refractivity contribution is 5.73. The van der Waals surface area contributed by atoms with Crippen molar-refractivity contribution in [1.29, 1.82) is 0 Å². The summed E-state index contributed by atoms with van der Waals surface area (Å²) in [6, 6.07) is 1.99. The van der Waals surface area contributed by atoms with E-state index in [2.05, 4.69) is 14.8 Å². The van der Waals surface area contributed by atoms with Gasteiger partial charge in [0.2, 0.25) is 18.3 Å². The number of rotatable bonds is 3. The first-order valence-electron chi connectivity index (χ1n) is 8.37. The fraction of sp³-hybridized carbons (Fsp3) is 0.625. The lowest BCUT2D eigenvalue weighted by atomic mass is 10.3. The monoisotopic (exact) mass is 332 g/mol. The van der Waals surface area contributed by atoms with E-state index in [-0.39, 0.29) is 5.91 Å². The zero-order chi connectivity index (χ0) is 17.1. The van der Waals surface area contributed by atoms with E-state index < -0.39 is 0 Å². The van der Waals surface area contributed by atoms with Crippen LogP contribution in [0.2, 0.25) is 0 Å². The summed E-state index contributed by atoms with van der Waals surface area (Å²) in [6.45, 7) is 9.51. The fourth-order valence-electron chi connectivity index (χ4n) is 3.12. The molecule has 0 radical (unpaired) electrons. The van der Waals surface area contributed by atoms with Crippen molar-refractivity contribution in [2.45, 2.75) is 13.8 Å². The normalized spacial score (nSPS) is 18.8. The number of hydrogen-bond acceptors (Lipinski definition) is 6. The van der Waals surface area contributed by atoms with E-state index in [0.29, 0.717) is 13.1 Å². The summed E-state index contributed by atoms with van der Waals surface area (Å²) in [5, 5.41) is 0. The third-order valence-corrected chi connectivity index (χ3v) is 4.62. The standard InChI is InChI=1S/C16H24N6O2/c1-13-11-15(21-5-3-19(12-23)4-6-21)18-16(17-13)22-9-7-20(8-10-22)14(2)24/h11-12H,3-10H2,1-2H3. The third-order valence-electron chi connectivity index (χ3n) is 4.62. The van der Waals surface area contributed by atoms with Crippen molar-refractivity contribution in [3.05, 3.63) is 11.8 Å². The number of carbonyl (C=O) groups excluding carboxylic acids is 2. The van der Waals surface area contributed by atoms with Crippen LogP contribution < -0.4 is 9.80 Å². The Morgan fingerprint density at radius 3 is 2.21 bits per heavy atom. The van der Waals surface area contributed by atoms with Crippen molar-refractivity contribution < 1.29 is 9.59 Å². The smallest absolute Gasteiger partial charge is 0.227 e. The minimum Gasteiger partial charge on any atom is -0.353 e.